The maximum absolute atomic E-state index is 13.2. The van der Waals surface area contributed by atoms with Crippen molar-refractivity contribution >= 4 is 22.7 Å². The quantitative estimate of drug-likeness (QED) is 0.571. The van der Waals surface area contributed by atoms with Gasteiger partial charge in [-0.25, -0.2) is 0 Å². The Hall–Kier alpha value is -3.88. The summed E-state index contributed by atoms with van der Waals surface area (Å²) in [6.07, 6.45) is 4.82. The maximum atomic E-state index is 13.2. The summed E-state index contributed by atoms with van der Waals surface area (Å²) in [7, 11) is 0. The van der Waals surface area contributed by atoms with E-state index in [1.54, 1.807) is 36.7 Å². The van der Waals surface area contributed by atoms with Crippen molar-refractivity contribution in [2.45, 2.75) is 39.9 Å². The lowest BCUT2D eigenvalue weighted by Gasteiger charge is -2.22. The second-order valence-electron chi connectivity index (χ2n) is 8.15. The molecule has 1 aliphatic rings. The van der Waals surface area contributed by atoms with Crippen LogP contribution in [0.3, 0.4) is 0 Å². The Morgan fingerprint density at radius 2 is 1.85 bits per heavy atom. The van der Waals surface area contributed by atoms with Crippen molar-refractivity contribution in [1.29, 1.82) is 0 Å². The Labute approximate surface area is 190 Å². The van der Waals surface area contributed by atoms with Gasteiger partial charge in [-0.1, -0.05) is 13.8 Å². The van der Waals surface area contributed by atoms with Gasteiger partial charge in [0.1, 0.15) is 11.6 Å². The Kier molecular flexibility index (Phi) is 6.30. The predicted octanol–water partition coefficient (Wildman–Crippen LogP) is 2.22. The van der Waals surface area contributed by atoms with Crippen LogP contribution < -0.4 is 25.5 Å². The van der Waals surface area contributed by atoms with E-state index in [0.717, 1.165) is 5.56 Å². The molecule has 1 aromatic carbocycles. The predicted molar refractivity (Wildman–Crippen MR) is 122 cm³/mol. The molecular formula is C24H26N4O5. The smallest absolute Gasteiger partial charge is 0.257 e. The van der Waals surface area contributed by atoms with Crippen LogP contribution in [0.5, 0.6) is 11.5 Å². The minimum atomic E-state index is -0.804. The number of rotatable bonds is 7. The molecule has 0 aliphatic carbocycles. The zero-order chi connectivity index (χ0) is 23.5. The van der Waals surface area contributed by atoms with Crippen molar-refractivity contribution < 1.29 is 19.1 Å². The summed E-state index contributed by atoms with van der Waals surface area (Å²) >= 11 is 0. The highest BCUT2D eigenvalue weighted by molar-refractivity contribution is 6.00. The fourth-order valence-corrected chi connectivity index (χ4v) is 3.76. The molecule has 0 saturated carbocycles. The molecule has 0 saturated heterocycles. The van der Waals surface area contributed by atoms with E-state index in [1.165, 1.54) is 6.20 Å². The summed E-state index contributed by atoms with van der Waals surface area (Å²) in [5.41, 5.74) is 1.09. The summed E-state index contributed by atoms with van der Waals surface area (Å²) in [5.74, 6) is -0.0777. The van der Waals surface area contributed by atoms with Crippen molar-refractivity contribution in [3.05, 3.63) is 64.2 Å². The summed E-state index contributed by atoms with van der Waals surface area (Å²) < 4.78 is 12.6. The maximum Gasteiger partial charge on any atom is 0.257 e. The Bertz CT molecular complexity index is 1250. The van der Waals surface area contributed by atoms with E-state index in [0.29, 0.717) is 35.5 Å². The number of pyridine rings is 2. The van der Waals surface area contributed by atoms with Gasteiger partial charge in [-0.2, -0.15) is 0 Å². The zero-order valence-corrected chi connectivity index (χ0v) is 18.8. The van der Waals surface area contributed by atoms with Gasteiger partial charge in [0.25, 0.3) is 5.91 Å². The molecule has 9 heteroatoms. The molecule has 1 aliphatic heterocycles. The number of nitrogens with one attached hydrogen (secondary N) is 2. The second-order valence-corrected chi connectivity index (χ2v) is 8.15. The van der Waals surface area contributed by atoms with Crippen molar-refractivity contribution in [2.75, 3.05) is 6.79 Å². The normalized spacial score (nSPS) is 13.2. The zero-order valence-electron chi connectivity index (χ0n) is 18.8. The largest absolute Gasteiger partial charge is 0.454 e. The van der Waals surface area contributed by atoms with Crippen LogP contribution in [-0.2, 0) is 17.9 Å². The van der Waals surface area contributed by atoms with E-state index in [4.69, 9.17) is 9.47 Å². The van der Waals surface area contributed by atoms with E-state index >= 15 is 0 Å². The van der Waals surface area contributed by atoms with Gasteiger partial charge >= 0.3 is 0 Å². The lowest BCUT2D eigenvalue weighted by molar-refractivity contribution is -0.124. The average molecular weight is 450 g/mol. The second kappa shape index (κ2) is 9.32. The first-order valence-electron chi connectivity index (χ1n) is 10.8. The third kappa shape index (κ3) is 4.52. The van der Waals surface area contributed by atoms with Gasteiger partial charge in [-0.05, 0) is 36.6 Å². The van der Waals surface area contributed by atoms with E-state index in [-0.39, 0.29) is 24.2 Å². The highest BCUT2D eigenvalue weighted by Crippen LogP contribution is 2.35. The van der Waals surface area contributed by atoms with Crippen LogP contribution in [0, 0.1) is 5.92 Å². The molecule has 0 bridgehead atoms. The average Bonchev–Trinajstić information content (AvgIpc) is 3.28. The summed E-state index contributed by atoms with van der Waals surface area (Å²) in [6, 6.07) is 6.15. The molecule has 2 amide bonds. The fourth-order valence-electron chi connectivity index (χ4n) is 3.76. The first-order valence-corrected chi connectivity index (χ1v) is 10.8. The van der Waals surface area contributed by atoms with Gasteiger partial charge in [-0.15, -0.1) is 0 Å². The van der Waals surface area contributed by atoms with Gasteiger partial charge in [0, 0.05) is 37.7 Å². The molecule has 0 unspecified atom stereocenters. The number of amides is 2. The fraction of sp³-hybridized carbons (Fsp3) is 0.333. The van der Waals surface area contributed by atoms with Gasteiger partial charge in [0.2, 0.25) is 18.1 Å². The Balaban J connectivity index is 1.60. The highest BCUT2D eigenvalue weighted by atomic mass is 16.7. The standard InChI is InChI=1S/C24H26N4O5/c1-4-28-12-17(22(29)16-9-19-20(10-18(16)28)33-13-32-19)23(30)27-21(14(2)3)24(31)26-11-15-5-7-25-8-6-15/h5-10,12,14,21H,4,11,13H2,1-3H3,(H,26,31)(H,27,30)/t21-/m0/s1. The lowest BCUT2D eigenvalue weighted by Crippen LogP contribution is -2.50. The molecule has 2 aromatic heterocycles. The van der Waals surface area contributed by atoms with Crippen LogP contribution in [0.25, 0.3) is 10.9 Å². The number of ether oxygens (including phenoxy) is 2. The molecule has 33 heavy (non-hydrogen) atoms. The van der Waals surface area contributed by atoms with Crippen LogP contribution in [-0.4, -0.2) is 34.2 Å². The molecule has 2 N–H and O–H groups in total. The molecule has 9 nitrogen and oxygen atoms in total. The number of aryl methyl sites for hydroxylation is 1. The molecule has 0 spiro atoms. The Morgan fingerprint density at radius 3 is 2.52 bits per heavy atom. The Morgan fingerprint density at radius 1 is 1.15 bits per heavy atom. The number of hydrogen-bond donors (Lipinski definition) is 2. The minimum Gasteiger partial charge on any atom is -0.454 e. The van der Waals surface area contributed by atoms with Crippen molar-refractivity contribution in [2.24, 2.45) is 5.92 Å². The van der Waals surface area contributed by atoms with E-state index < -0.39 is 17.4 Å². The molecule has 1 atom stereocenters. The van der Waals surface area contributed by atoms with Gasteiger partial charge < -0.3 is 24.7 Å². The summed E-state index contributed by atoms with van der Waals surface area (Å²) in [6.45, 7) is 6.53. The van der Waals surface area contributed by atoms with Crippen LogP contribution in [0.4, 0.5) is 0 Å². The van der Waals surface area contributed by atoms with E-state index in [9.17, 15) is 14.4 Å². The van der Waals surface area contributed by atoms with Crippen molar-refractivity contribution in [1.82, 2.24) is 20.2 Å². The first-order chi connectivity index (χ1) is 15.9. The third-order valence-electron chi connectivity index (χ3n) is 5.61. The van der Waals surface area contributed by atoms with Gasteiger partial charge in [-0.3, -0.25) is 19.4 Å². The van der Waals surface area contributed by atoms with Crippen molar-refractivity contribution in [3.63, 3.8) is 0 Å². The topological polar surface area (TPSA) is 112 Å². The summed E-state index contributed by atoms with van der Waals surface area (Å²) in [4.78, 5) is 43.1. The molecule has 0 fully saturated rings. The monoisotopic (exact) mass is 450 g/mol. The lowest BCUT2D eigenvalue weighted by atomic mass is 10.0. The number of carbonyl (C=O) groups is 2. The van der Waals surface area contributed by atoms with Gasteiger partial charge in [0.05, 0.1) is 10.9 Å². The minimum absolute atomic E-state index is 0.0317. The number of benzene rings is 1. The van der Waals surface area contributed by atoms with E-state index in [2.05, 4.69) is 15.6 Å². The molecule has 4 rings (SSSR count). The molecule has 172 valence electrons. The number of hydrogen-bond acceptors (Lipinski definition) is 6. The van der Waals surface area contributed by atoms with Crippen LogP contribution in [0.1, 0.15) is 36.7 Å². The van der Waals surface area contributed by atoms with Crippen molar-refractivity contribution in [3.8, 4) is 11.5 Å². The molecule has 3 aromatic rings. The SMILES string of the molecule is CCn1cc(C(=O)N[C@H](C(=O)NCc2ccncc2)C(C)C)c(=O)c2cc3c(cc21)OCO3. The molecular weight excluding hydrogens is 424 g/mol. The highest BCUT2D eigenvalue weighted by Gasteiger charge is 2.27. The third-order valence-corrected chi connectivity index (χ3v) is 5.61. The summed E-state index contributed by atoms with van der Waals surface area (Å²) in [5, 5.41) is 5.94. The number of fused-ring (bicyclic) bond motifs is 2. The van der Waals surface area contributed by atoms with Crippen LogP contribution in [0.2, 0.25) is 0 Å². The number of nitrogens with zero attached hydrogens (tertiary/aromatic N) is 2. The van der Waals surface area contributed by atoms with Gasteiger partial charge in [0.15, 0.2) is 11.5 Å². The van der Waals surface area contributed by atoms with Crippen LogP contribution in [0.15, 0.2) is 47.7 Å². The molecule has 3 heterocycles. The van der Waals surface area contributed by atoms with Crippen LogP contribution >= 0.6 is 0 Å². The number of aromatic nitrogens is 2. The first kappa shape index (κ1) is 22.3. The number of carbonyl (C=O) groups excluding carboxylic acids is 2. The molecule has 0 radical (unpaired) electrons. The van der Waals surface area contributed by atoms with E-state index in [1.807, 2.05) is 25.3 Å².